The van der Waals surface area contributed by atoms with E-state index < -0.39 is 0 Å². The Bertz CT molecular complexity index is 778. The van der Waals surface area contributed by atoms with E-state index in [2.05, 4.69) is 74.8 Å². The summed E-state index contributed by atoms with van der Waals surface area (Å²) in [5, 5.41) is 0.884. The van der Waals surface area contributed by atoms with Gasteiger partial charge in [-0.25, -0.2) is 4.99 Å². The van der Waals surface area contributed by atoms with Gasteiger partial charge in [0.25, 0.3) is 0 Å². The van der Waals surface area contributed by atoms with E-state index in [0.717, 1.165) is 30.1 Å². The molecule has 0 spiro atoms. The first kappa shape index (κ1) is 20.5. The first-order valence-electron chi connectivity index (χ1n) is 9.42. The highest BCUT2D eigenvalue weighted by atomic mass is 35.5. The maximum Gasteiger partial charge on any atom is 0.0909 e. The van der Waals surface area contributed by atoms with Gasteiger partial charge in [-0.1, -0.05) is 43.6 Å². The number of aliphatic imine (C=N–C) groups is 1. The van der Waals surface area contributed by atoms with Crippen molar-refractivity contribution in [3.8, 4) is 0 Å². The van der Waals surface area contributed by atoms with Crippen LogP contribution in [0.15, 0.2) is 35.3 Å². The standard InChI is InChI=1S/C23H31ClN2/c1-7-26(6)15-25-23-12-17(4)21(11-18(23)5)13-19-8-9-20(10-16(2)3)22(24)14-19/h8-9,11-12,14-16H,7,10,13H2,1-6H3/b25-15-. The summed E-state index contributed by atoms with van der Waals surface area (Å²) >= 11 is 6.50. The fourth-order valence-electron chi connectivity index (χ4n) is 2.96. The van der Waals surface area contributed by atoms with Crippen molar-refractivity contribution in [2.24, 2.45) is 10.9 Å². The van der Waals surface area contributed by atoms with Crippen LogP contribution in [0, 0.1) is 19.8 Å². The van der Waals surface area contributed by atoms with Crippen LogP contribution in [-0.4, -0.2) is 24.8 Å². The van der Waals surface area contributed by atoms with Gasteiger partial charge in [0, 0.05) is 18.6 Å². The molecule has 2 nitrogen and oxygen atoms in total. The summed E-state index contributed by atoms with van der Waals surface area (Å²) < 4.78 is 0. The summed E-state index contributed by atoms with van der Waals surface area (Å²) in [6.45, 7) is 11.8. The normalized spacial score (nSPS) is 11.5. The Hall–Kier alpha value is -1.80. The summed E-state index contributed by atoms with van der Waals surface area (Å²) in [5.41, 5.74) is 7.34. The molecule has 0 radical (unpaired) electrons. The molecule has 0 unspecified atom stereocenters. The van der Waals surface area contributed by atoms with Crippen LogP contribution in [0.3, 0.4) is 0 Å². The molecule has 2 aromatic carbocycles. The van der Waals surface area contributed by atoms with E-state index in [1.165, 1.54) is 27.8 Å². The molecule has 0 bridgehead atoms. The van der Waals surface area contributed by atoms with Crippen LogP contribution in [0.25, 0.3) is 0 Å². The minimum Gasteiger partial charge on any atom is -0.366 e. The van der Waals surface area contributed by atoms with Crippen LogP contribution in [-0.2, 0) is 12.8 Å². The van der Waals surface area contributed by atoms with Crippen molar-refractivity contribution in [2.45, 2.75) is 47.5 Å². The van der Waals surface area contributed by atoms with Crippen LogP contribution < -0.4 is 0 Å². The number of rotatable bonds is 7. The van der Waals surface area contributed by atoms with E-state index in [-0.39, 0.29) is 0 Å². The minimum absolute atomic E-state index is 0.614. The van der Waals surface area contributed by atoms with Gasteiger partial charge in [0.2, 0.25) is 0 Å². The zero-order valence-corrected chi connectivity index (χ0v) is 17.7. The van der Waals surface area contributed by atoms with Crippen LogP contribution >= 0.6 is 11.6 Å². The number of halogens is 1. The third-order valence-corrected chi connectivity index (χ3v) is 5.04. The fraction of sp³-hybridized carbons (Fsp3) is 0.435. The average Bonchev–Trinajstić information content (AvgIpc) is 2.58. The number of nitrogens with zero attached hydrogens (tertiary/aromatic N) is 2. The van der Waals surface area contributed by atoms with Gasteiger partial charge in [0.1, 0.15) is 0 Å². The van der Waals surface area contributed by atoms with Crippen LogP contribution in [0.4, 0.5) is 5.69 Å². The van der Waals surface area contributed by atoms with Gasteiger partial charge in [-0.15, -0.1) is 0 Å². The average molecular weight is 371 g/mol. The highest BCUT2D eigenvalue weighted by Crippen LogP contribution is 2.27. The second-order valence-corrected chi connectivity index (χ2v) is 7.99. The zero-order chi connectivity index (χ0) is 19.3. The minimum atomic E-state index is 0.614. The Morgan fingerprint density at radius 3 is 2.42 bits per heavy atom. The number of benzene rings is 2. The molecule has 0 aromatic heterocycles. The van der Waals surface area contributed by atoms with Gasteiger partial charge < -0.3 is 4.90 Å². The van der Waals surface area contributed by atoms with Crippen LogP contribution in [0.5, 0.6) is 0 Å². The molecule has 2 rings (SSSR count). The van der Waals surface area contributed by atoms with Gasteiger partial charge in [-0.3, -0.25) is 0 Å². The summed E-state index contributed by atoms with van der Waals surface area (Å²) in [4.78, 5) is 6.69. The topological polar surface area (TPSA) is 15.6 Å². The van der Waals surface area contributed by atoms with E-state index >= 15 is 0 Å². The molecule has 0 heterocycles. The fourth-order valence-corrected chi connectivity index (χ4v) is 3.24. The molecule has 2 aromatic rings. The Balaban J connectivity index is 2.21. The smallest absolute Gasteiger partial charge is 0.0909 e. The van der Waals surface area contributed by atoms with Crippen molar-refractivity contribution in [3.63, 3.8) is 0 Å². The number of aryl methyl sites for hydroxylation is 2. The molecule has 3 heteroatoms. The largest absolute Gasteiger partial charge is 0.366 e. The molecule has 0 saturated heterocycles. The monoisotopic (exact) mass is 370 g/mol. The lowest BCUT2D eigenvalue weighted by molar-refractivity contribution is 0.552. The van der Waals surface area contributed by atoms with Crippen LogP contribution in [0.1, 0.15) is 48.6 Å². The lowest BCUT2D eigenvalue weighted by Crippen LogP contribution is -2.14. The predicted octanol–water partition coefficient (Wildman–Crippen LogP) is 6.36. The van der Waals surface area contributed by atoms with Gasteiger partial charge in [-0.05, 0) is 79.5 Å². The summed E-state index contributed by atoms with van der Waals surface area (Å²) in [5.74, 6) is 0.614. The molecule has 26 heavy (non-hydrogen) atoms. The van der Waals surface area contributed by atoms with Crippen molar-refractivity contribution < 1.29 is 0 Å². The number of hydrogen-bond donors (Lipinski definition) is 0. The lowest BCUT2D eigenvalue weighted by atomic mass is 9.95. The molecular weight excluding hydrogens is 340 g/mol. The zero-order valence-electron chi connectivity index (χ0n) is 16.9. The van der Waals surface area contributed by atoms with E-state index in [9.17, 15) is 0 Å². The maximum atomic E-state index is 6.50. The highest BCUT2D eigenvalue weighted by molar-refractivity contribution is 6.31. The summed E-state index contributed by atoms with van der Waals surface area (Å²) in [6.07, 6.45) is 3.82. The van der Waals surface area contributed by atoms with Crippen molar-refractivity contribution >= 4 is 23.6 Å². The van der Waals surface area contributed by atoms with Gasteiger partial charge in [-0.2, -0.15) is 0 Å². The van der Waals surface area contributed by atoms with Gasteiger partial charge in [0.05, 0.1) is 12.0 Å². The Morgan fingerprint density at radius 1 is 1.08 bits per heavy atom. The maximum absolute atomic E-state index is 6.50. The quantitative estimate of drug-likeness (QED) is 0.409. The third kappa shape index (κ3) is 5.60. The van der Waals surface area contributed by atoms with Gasteiger partial charge in [0.15, 0.2) is 0 Å². The molecule has 140 valence electrons. The van der Waals surface area contributed by atoms with Crippen molar-refractivity contribution in [1.82, 2.24) is 4.90 Å². The molecule has 0 fully saturated rings. The first-order chi connectivity index (χ1) is 12.3. The second-order valence-electron chi connectivity index (χ2n) is 7.58. The van der Waals surface area contributed by atoms with E-state index in [0.29, 0.717) is 5.92 Å². The van der Waals surface area contributed by atoms with Gasteiger partial charge >= 0.3 is 0 Å². The number of hydrogen-bond acceptors (Lipinski definition) is 1. The highest BCUT2D eigenvalue weighted by Gasteiger charge is 2.08. The predicted molar refractivity (Wildman–Crippen MR) is 115 cm³/mol. The van der Waals surface area contributed by atoms with Crippen molar-refractivity contribution in [2.75, 3.05) is 13.6 Å². The molecule has 0 N–H and O–H groups in total. The van der Waals surface area contributed by atoms with Crippen molar-refractivity contribution in [3.05, 3.63) is 63.2 Å². The van der Waals surface area contributed by atoms with E-state index in [1.54, 1.807) is 0 Å². The first-order valence-corrected chi connectivity index (χ1v) is 9.79. The Labute approximate surface area is 163 Å². The molecule has 0 aliphatic carbocycles. The molecule has 0 atom stereocenters. The molecule has 0 amide bonds. The molecule has 0 saturated carbocycles. The molecular formula is C23H31ClN2. The third-order valence-electron chi connectivity index (χ3n) is 4.69. The summed E-state index contributed by atoms with van der Waals surface area (Å²) in [7, 11) is 2.03. The summed E-state index contributed by atoms with van der Waals surface area (Å²) in [6, 6.07) is 10.9. The van der Waals surface area contributed by atoms with E-state index in [4.69, 9.17) is 11.6 Å². The Kier molecular flexibility index (Phi) is 7.28. The second kappa shape index (κ2) is 9.23. The molecule has 0 aliphatic rings. The van der Waals surface area contributed by atoms with Crippen molar-refractivity contribution in [1.29, 1.82) is 0 Å². The SMILES string of the molecule is CCN(C)/C=N\c1cc(C)c(Cc2ccc(CC(C)C)c(Cl)c2)cc1C. The lowest BCUT2D eigenvalue weighted by Gasteiger charge is -2.13. The van der Waals surface area contributed by atoms with E-state index in [1.807, 2.05) is 13.4 Å². The van der Waals surface area contributed by atoms with Crippen LogP contribution in [0.2, 0.25) is 5.02 Å². The molecule has 0 aliphatic heterocycles. The Morgan fingerprint density at radius 2 is 1.81 bits per heavy atom.